The van der Waals surface area contributed by atoms with E-state index in [1.54, 1.807) is 9.58 Å². The fourth-order valence-electron chi connectivity index (χ4n) is 5.14. The van der Waals surface area contributed by atoms with Gasteiger partial charge in [-0.25, -0.2) is 0 Å². The Labute approximate surface area is 197 Å². The highest BCUT2D eigenvalue weighted by Gasteiger charge is 2.49. The van der Waals surface area contributed by atoms with Gasteiger partial charge in [0.15, 0.2) is 0 Å². The van der Waals surface area contributed by atoms with Crippen LogP contribution >= 0.6 is 0 Å². The summed E-state index contributed by atoms with van der Waals surface area (Å²) in [6, 6.07) is 10.1. The van der Waals surface area contributed by atoms with Crippen molar-refractivity contribution >= 4 is 17.5 Å². The molecule has 6 heteroatoms. The normalized spacial score (nSPS) is 22.1. The van der Waals surface area contributed by atoms with Crippen molar-refractivity contribution in [1.29, 1.82) is 0 Å². The average molecular weight is 451 g/mol. The zero-order valence-electron chi connectivity index (χ0n) is 20.6. The smallest absolute Gasteiger partial charge is 0.277 e. The van der Waals surface area contributed by atoms with Crippen LogP contribution in [0.5, 0.6) is 0 Å². The average Bonchev–Trinajstić information content (AvgIpc) is 3.20. The second-order valence-electron chi connectivity index (χ2n) is 10.2. The van der Waals surface area contributed by atoms with Gasteiger partial charge >= 0.3 is 0 Å². The molecule has 0 radical (unpaired) electrons. The van der Waals surface area contributed by atoms with Crippen molar-refractivity contribution < 1.29 is 9.59 Å². The molecular weight excluding hydrogens is 412 g/mol. The van der Waals surface area contributed by atoms with E-state index in [1.165, 1.54) is 19.3 Å². The molecule has 1 saturated carbocycles. The van der Waals surface area contributed by atoms with Gasteiger partial charge in [-0.1, -0.05) is 65.0 Å². The largest absolute Gasteiger partial charge is 0.351 e. The molecule has 0 bridgehead atoms. The first-order chi connectivity index (χ1) is 15.8. The van der Waals surface area contributed by atoms with Gasteiger partial charge in [0.05, 0.1) is 12.2 Å². The molecule has 1 aliphatic heterocycles. The minimum atomic E-state index is -1.06. The summed E-state index contributed by atoms with van der Waals surface area (Å²) in [4.78, 5) is 29.4. The van der Waals surface area contributed by atoms with Crippen molar-refractivity contribution in [2.45, 2.75) is 103 Å². The lowest BCUT2D eigenvalue weighted by molar-refractivity contribution is -0.127. The van der Waals surface area contributed by atoms with Crippen LogP contribution in [0.15, 0.2) is 30.3 Å². The molecule has 0 saturated heterocycles. The molecule has 2 heterocycles. The molecule has 4 rings (SSSR count). The Morgan fingerprint density at radius 3 is 2.52 bits per heavy atom. The molecule has 178 valence electrons. The summed E-state index contributed by atoms with van der Waals surface area (Å²) in [6.45, 7) is 8.47. The zero-order chi connectivity index (χ0) is 23.6. The number of rotatable bonds is 5. The van der Waals surface area contributed by atoms with E-state index in [4.69, 9.17) is 5.10 Å². The molecule has 1 N–H and O–H groups in total. The SMILES string of the molecule is CCc1cccc(N2C(=O)c3cc(C(C)C)nn3CC2(C)C(=O)NC2CCCCCCC2)c1. The first-order valence-electron chi connectivity index (χ1n) is 12.7. The van der Waals surface area contributed by atoms with Crippen molar-refractivity contribution in [3.63, 3.8) is 0 Å². The molecule has 1 unspecified atom stereocenters. The van der Waals surface area contributed by atoms with Crippen molar-refractivity contribution in [2.75, 3.05) is 4.90 Å². The molecule has 1 aliphatic carbocycles. The topological polar surface area (TPSA) is 67.2 Å². The van der Waals surface area contributed by atoms with Crippen molar-refractivity contribution in [3.05, 3.63) is 47.3 Å². The molecule has 1 fully saturated rings. The molecule has 1 aromatic carbocycles. The van der Waals surface area contributed by atoms with Gasteiger partial charge < -0.3 is 5.32 Å². The molecule has 2 aliphatic rings. The van der Waals surface area contributed by atoms with Gasteiger partial charge in [-0.05, 0) is 55.9 Å². The summed E-state index contributed by atoms with van der Waals surface area (Å²) in [5, 5.41) is 8.04. The standard InChI is InChI=1S/C27H38N4O2/c1-5-20-12-11-15-22(16-20)31-25(32)24-17-23(19(2)3)29-30(24)18-27(31,4)26(33)28-21-13-9-7-6-8-10-14-21/h11-12,15-17,19,21H,5-10,13-14,18H2,1-4H3,(H,28,33). The van der Waals surface area contributed by atoms with Gasteiger partial charge in [-0.2, -0.15) is 5.10 Å². The quantitative estimate of drug-likeness (QED) is 0.679. The summed E-state index contributed by atoms with van der Waals surface area (Å²) >= 11 is 0. The first-order valence-corrected chi connectivity index (χ1v) is 12.7. The van der Waals surface area contributed by atoms with Crippen molar-refractivity contribution in [1.82, 2.24) is 15.1 Å². The Balaban J connectivity index is 1.72. The number of nitrogens with one attached hydrogen (secondary N) is 1. The van der Waals surface area contributed by atoms with Crippen LogP contribution in [0, 0.1) is 0 Å². The third kappa shape index (κ3) is 4.71. The Kier molecular flexibility index (Phi) is 6.91. The maximum absolute atomic E-state index is 13.9. The van der Waals surface area contributed by atoms with Crippen molar-refractivity contribution in [3.8, 4) is 0 Å². The van der Waals surface area contributed by atoms with Gasteiger partial charge in [0, 0.05) is 11.7 Å². The first kappa shape index (κ1) is 23.5. The summed E-state index contributed by atoms with van der Waals surface area (Å²) in [6.07, 6.45) is 8.91. The minimum absolute atomic E-state index is 0.0874. The van der Waals surface area contributed by atoms with Crippen LogP contribution in [-0.4, -0.2) is 33.2 Å². The predicted molar refractivity (Wildman–Crippen MR) is 132 cm³/mol. The van der Waals surface area contributed by atoms with E-state index in [0.717, 1.165) is 49.0 Å². The van der Waals surface area contributed by atoms with Gasteiger partial charge in [0.2, 0.25) is 5.91 Å². The lowest BCUT2D eigenvalue weighted by atomic mass is 9.91. The van der Waals surface area contributed by atoms with Gasteiger partial charge in [0.25, 0.3) is 5.91 Å². The number of carbonyl (C=O) groups is 2. The molecule has 33 heavy (non-hydrogen) atoms. The van der Waals surface area contributed by atoms with Crippen LogP contribution in [0.1, 0.15) is 100 Å². The van der Waals surface area contributed by atoms with Crippen LogP contribution in [0.3, 0.4) is 0 Å². The van der Waals surface area contributed by atoms with Crippen LogP contribution in [0.2, 0.25) is 0 Å². The van der Waals surface area contributed by atoms with Gasteiger partial charge in [-0.15, -0.1) is 0 Å². The number of carbonyl (C=O) groups excluding carboxylic acids is 2. The summed E-state index contributed by atoms with van der Waals surface area (Å²) < 4.78 is 1.75. The Morgan fingerprint density at radius 1 is 1.15 bits per heavy atom. The van der Waals surface area contributed by atoms with Crippen LogP contribution in [-0.2, 0) is 17.8 Å². The maximum Gasteiger partial charge on any atom is 0.277 e. The van der Waals surface area contributed by atoms with Gasteiger partial charge in [0.1, 0.15) is 11.2 Å². The monoisotopic (exact) mass is 450 g/mol. The highest BCUT2D eigenvalue weighted by Crippen LogP contribution is 2.34. The number of nitrogens with zero attached hydrogens (tertiary/aromatic N) is 3. The van der Waals surface area contributed by atoms with Crippen molar-refractivity contribution in [2.24, 2.45) is 0 Å². The zero-order valence-corrected chi connectivity index (χ0v) is 20.6. The van der Waals surface area contributed by atoms with E-state index in [1.807, 2.05) is 31.2 Å². The van der Waals surface area contributed by atoms with Crippen LogP contribution < -0.4 is 10.2 Å². The second-order valence-corrected chi connectivity index (χ2v) is 10.2. The van der Waals surface area contributed by atoms with E-state index in [0.29, 0.717) is 12.2 Å². The number of aryl methyl sites for hydroxylation is 1. The van der Waals surface area contributed by atoms with Crippen LogP contribution in [0.25, 0.3) is 0 Å². The van der Waals surface area contributed by atoms with E-state index < -0.39 is 5.54 Å². The number of hydrogen-bond acceptors (Lipinski definition) is 3. The fourth-order valence-corrected chi connectivity index (χ4v) is 5.14. The van der Waals surface area contributed by atoms with E-state index in [9.17, 15) is 9.59 Å². The number of benzene rings is 1. The van der Waals surface area contributed by atoms with Gasteiger partial charge in [-0.3, -0.25) is 19.2 Å². The Hall–Kier alpha value is -2.63. The highest BCUT2D eigenvalue weighted by atomic mass is 16.2. The molecule has 2 amide bonds. The lowest BCUT2D eigenvalue weighted by Gasteiger charge is -2.44. The summed E-state index contributed by atoms with van der Waals surface area (Å²) in [5.74, 6) is -0.0393. The molecular formula is C27H38N4O2. The highest BCUT2D eigenvalue weighted by molar-refractivity contribution is 6.11. The molecule has 1 aromatic heterocycles. The minimum Gasteiger partial charge on any atom is -0.351 e. The lowest BCUT2D eigenvalue weighted by Crippen LogP contribution is -2.65. The Morgan fingerprint density at radius 2 is 1.85 bits per heavy atom. The fraction of sp³-hybridized carbons (Fsp3) is 0.593. The third-order valence-electron chi connectivity index (χ3n) is 7.27. The molecule has 1 atom stereocenters. The second kappa shape index (κ2) is 9.70. The number of aromatic nitrogens is 2. The third-order valence-corrected chi connectivity index (χ3v) is 7.27. The molecule has 0 spiro atoms. The number of anilines is 1. The van der Waals surface area contributed by atoms with E-state index in [2.05, 4.69) is 32.2 Å². The predicted octanol–water partition coefficient (Wildman–Crippen LogP) is 5.22. The Bertz CT molecular complexity index is 1000. The van der Waals surface area contributed by atoms with Crippen LogP contribution in [0.4, 0.5) is 5.69 Å². The molecule has 2 aromatic rings. The van der Waals surface area contributed by atoms with E-state index >= 15 is 0 Å². The van der Waals surface area contributed by atoms with E-state index in [-0.39, 0.29) is 23.8 Å². The summed E-state index contributed by atoms with van der Waals surface area (Å²) in [5.41, 5.74) is 2.29. The molecule has 6 nitrogen and oxygen atoms in total. The number of fused-ring (bicyclic) bond motifs is 1. The summed E-state index contributed by atoms with van der Waals surface area (Å²) in [7, 11) is 0. The number of amides is 2. The maximum atomic E-state index is 13.9. The number of hydrogen-bond donors (Lipinski definition) is 1.